The average Bonchev–Trinajstić information content (AvgIpc) is 3.51. The van der Waals surface area contributed by atoms with Gasteiger partial charge in [-0.05, 0) is 42.3 Å². The lowest BCUT2D eigenvalue weighted by Crippen LogP contribution is -2.53. The van der Waals surface area contributed by atoms with E-state index in [0.29, 0.717) is 24.9 Å². The van der Waals surface area contributed by atoms with Crippen molar-refractivity contribution in [3.8, 4) is 0 Å². The molecule has 4 rings (SSSR count). The van der Waals surface area contributed by atoms with E-state index in [-0.39, 0.29) is 47.7 Å². The number of thiophene rings is 1. The van der Waals surface area contributed by atoms with Crippen molar-refractivity contribution < 1.29 is 19.2 Å². The van der Waals surface area contributed by atoms with Crippen LogP contribution in [-0.4, -0.2) is 69.5 Å². The Labute approximate surface area is 190 Å². The first-order valence-corrected chi connectivity index (χ1v) is 11.7. The summed E-state index contributed by atoms with van der Waals surface area (Å²) in [7, 11) is 0. The van der Waals surface area contributed by atoms with Crippen molar-refractivity contribution in [3.05, 3.63) is 52.5 Å². The molecule has 3 atom stereocenters. The maximum atomic E-state index is 13.5. The Morgan fingerprint density at radius 3 is 2.69 bits per heavy atom. The molecular weight excluding hydrogens is 428 g/mol. The molecular formula is C23H26N4O4S. The number of nitrogens with one attached hydrogen (secondary N) is 1. The third kappa shape index (κ3) is 4.29. The van der Waals surface area contributed by atoms with Crippen molar-refractivity contribution in [2.75, 3.05) is 13.1 Å². The van der Waals surface area contributed by atoms with E-state index in [1.54, 1.807) is 40.7 Å². The van der Waals surface area contributed by atoms with Crippen LogP contribution in [0.25, 0.3) is 0 Å². The van der Waals surface area contributed by atoms with Gasteiger partial charge < -0.3 is 15.1 Å². The molecule has 1 N–H and O–H groups in total. The fraction of sp³-hybridized carbons (Fsp3) is 0.435. The van der Waals surface area contributed by atoms with Crippen molar-refractivity contribution in [1.82, 2.24) is 20.1 Å². The topological polar surface area (TPSA) is 99.7 Å². The summed E-state index contributed by atoms with van der Waals surface area (Å²) in [5, 5.41) is 6.40. The molecule has 32 heavy (non-hydrogen) atoms. The van der Waals surface area contributed by atoms with E-state index in [9.17, 15) is 19.2 Å². The Bertz CT molecular complexity index is 1010. The lowest BCUT2D eigenvalue weighted by molar-refractivity contribution is -0.138. The second-order valence-corrected chi connectivity index (χ2v) is 9.39. The van der Waals surface area contributed by atoms with E-state index in [1.165, 1.54) is 16.2 Å². The van der Waals surface area contributed by atoms with Crippen LogP contribution in [0.1, 0.15) is 47.5 Å². The Morgan fingerprint density at radius 1 is 1.22 bits per heavy atom. The quantitative estimate of drug-likeness (QED) is 0.720. The van der Waals surface area contributed by atoms with Gasteiger partial charge in [0.15, 0.2) is 5.78 Å². The van der Waals surface area contributed by atoms with Gasteiger partial charge in [-0.1, -0.05) is 19.9 Å². The highest BCUT2D eigenvalue weighted by Gasteiger charge is 2.52. The SMILES string of the molecule is CC(C)CC(NC(=O)c1ccsc1)C(=O)N1CCC2C1C(=O)CN2C(=O)c1ccccn1. The number of carbonyl (C=O) groups is 4. The zero-order chi connectivity index (χ0) is 22.8. The molecule has 0 bridgehead atoms. The molecule has 2 fully saturated rings. The number of hydrogen-bond donors (Lipinski definition) is 1. The van der Waals surface area contributed by atoms with Crippen LogP contribution in [0.2, 0.25) is 0 Å². The molecule has 0 radical (unpaired) electrons. The molecule has 2 aliphatic heterocycles. The van der Waals surface area contributed by atoms with Gasteiger partial charge in [-0.15, -0.1) is 0 Å². The molecule has 3 unspecified atom stereocenters. The van der Waals surface area contributed by atoms with Gasteiger partial charge in [-0.25, -0.2) is 0 Å². The van der Waals surface area contributed by atoms with E-state index in [0.717, 1.165) is 0 Å². The van der Waals surface area contributed by atoms with E-state index in [4.69, 9.17) is 0 Å². The Morgan fingerprint density at radius 2 is 2.03 bits per heavy atom. The number of Topliss-reactive ketones (excluding diaryl/α,β-unsaturated/α-hetero) is 1. The smallest absolute Gasteiger partial charge is 0.273 e. The molecule has 8 nitrogen and oxygen atoms in total. The minimum Gasteiger partial charge on any atom is -0.340 e. The number of fused-ring (bicyclic) bond motifs is 1. The van der Waals surface area contributed by atoms with Crippen LogP contribution < -0.4 is 5.32 Å². The largest absolute Gasteiger partial charge is 0.340 e. The Balaban J connectivity index is 1.51. The molecule has 2 saturated heterocycles. The van der Waals surface area contributed by atoms with Crippen LogP contribution in [0.5, 0.6) is 0 Å². The van der Waals surface area contributed by atoms with Crippen LogP contribution in [0, 0.1) is 5.92 Å². The number of likely N-dealkylation sites (tertiary alicyclic amines) is 2. The van der Waals surface area contributed by atoms with Gasteiger partial charge in [0.25, 0.3) is 11.8 Å². The van der Waals surface area contributed by atoms with Gasteiger partial charge in [-0.3, -0.25) is 24.2 Å². The molecule has 2 aliphatic rings. The summed E-state index contributed by atoms with van der Waals surface area (Å²) in [6, 6.07) is 5.02. The fourth-order valence-corrected chi connectivity index (χ4v) is 5.14. The van der Waals surface area contributed by atoms with Crippen molar-refractivity contribution in [2.45, 2.75) is 44.8 Å². The third-order valence-electron chi connectivity index (χ3n) is 5.94. The number of nitrogens with zero attached hydrogens (tertiary/aromatic N) is 3. The third-order valence-corrected chi connectivity index (χ3v) is 6.63. The summed E-state index contributed by atoms with van der Waals surface area (Å²) in [6.45, 7) is 4.30. The lowest BCUT2D eigenvalue weighted by Gasteiger charge is -2.29. The van der Waals surface area contributed by atoms with Gasteiger partial charge in [0.05, 0.1) is 18.2 Å². The zero-order valence-corrected chi connectivity index (χ0v) is 18.9. The van der Waals surface area contributed by atoms with Gasteiger partial charge >= 0.3 is 0 Å². The number of rotatable bonds is 6. The monoisotopic (exact) mass is 454 g/mol. The number of carbonyl (C=O) groups excluding carboxylic acids is 4. The van der Waals surface area contributed by atoms with Crippen LogP contribution in [0.4, 0.5) is 0 Å². The van der Waals surface area contributed by atoms with Gasteiger partial charge in [0.1, 0.15) is 17.8 Å². The predicted octanol–water partition coefficient (Wildman–Crippen LogP) is 1.98. The number of amides is 3. The molecule has 3 amide bonds. The summed E-state index contributed by atoms with van der Waals surface area (Å²) in [5.41, 5.74) is 0.798. The van der Waals surface area contributed by atoms with E-state index < -0.39 is 12.1 Å². The maximum absolute atomic E-state index is 13.5. The average molecular weight is 455 g/mol. The van der Waals surface area contributed by atoms with E-state index in [2.05, 4.69) is 10.3 Å². The van der Waals surface area contributed by atoms with Crippen LogP contribution in [0.15, 0.2) is 41.2 Å². The summed E-state index contributed by atoms with van der Waals surface area (Å²) in [6.07, 6.45) is 2.53. The van der Waals surface area contributed by atoms with Crippen LogP contribution in [0.3, 0.4) is 0 Å². The normalized spacial score (nSPS) is 21.0. The summed E-state index contributed by atoms with van der Waals surface area (Å²) < 4.78 is 0. The first kappa shape index (κ1) is 22.1. The maximum Gasteiger partial charge on any atom is 0.273 e. The van der Waals surface area contributed by atoms with Gasteiger partial charge in [-0.2, -0.15) is 11.3 Å². The zero-order valence-electron chi connectivity index (χ0n) is 18.1. The first-order valence-electron chi connectivity index (χ1n) is 10.7. The van der Waals surface area contributed by atoms with Crippen LogP contribution in [-0.2, 0) is 9.59 Å². The van der Waals surface area contributed by atoms with E-state index in [1.807, 2.05) is 19.2 Å². The van der Waals surface area contributed by atoms with Crippen molar-refractivity contribution in [1.29, 1.82) is 0 Å². The van der Waals surface area contributed by atoms with Crippen molar-refractivity contribution in [3.63, 3.8) is 0 Å². The number of hydrogen-bond acceptors (Lipinski definition) is 6. The molecule has 0 spiro atoms. The standard InChI is InChI=1S/C23H26N4O4S/c1-14(2)11-17(25-21(29)15-7-10-32-13-15)23(31)26-9-6-18-20(26)19(28)12-27(18)22(30)16-5-3-4-8-24-16/h3-5,7-8,10,13-14,17-18,20H,6,9,11-12H2,1-2H3,(H,25,29). The van der Waals surface area contributed by atoms with Gasteiger partial charge in [0.2, 0.25) is 5.91 Å². The molecule has 0 aromatic carbocycles. The minimum atomic E-state index is -0.727. The first-order chi connectivity index (χ1) is 15.4. The number of ketones is 1. The van der Waals surface area contributed by atoms with E-state index >= 15 is 0 Å². The van der Waals surface area contributed by atoms with Crippen LogP contribution >= 0.6 is 11.3 Å². The summed E-state index contributed by atoms with van der Waals surface area (Å²) in [5.74, 6) is -0.851. The highest BCUT2D eigenvalue weighted by Crippen LogP contribution is 2.31. The molecule has 2 aromatic rings. The Kier molecular flexibility index (Phi) is 6.36. The summed E-state index contributed by atoms with van der Waals surface area (Å²) in [4.78, 5) is 59.1. The highest BCUT2D eigenvalue weighted by atomic mass is 32.1. The molecule has 9 heteroatoms. The predicted molar refractivity (Wildman–Crippen MR) is 119 cm³/mol. The second-order valence-electron chi connectivity index (χ2n) is 8.61. The number of aromatic nitrogens is 1. The highest BCUT2D eigenvalue weighted by molar-refractivity contribution is 7.08. The molecule has 4 heterocycles. The molecule has 168 valence electrons. The van der Waals surface area contributed by atoms with Crippen molar-refractivity contribution >= 4 is 34.8 Å². The molecule has 0 aliphatic carbocycles. The minimum absolute atomic E-state index is 0.0371. The molecule has 2 aromatic heterocycles. The fourth-order valence-electron chi connectivity index (χ4n) is 4.50. The molecule has 0 saturated carbocycles. The summed E-state index contributed by atoms with van der Waals surface area (Å²) >= 11 is 1.41. The van der Waals surface area contributed by atoms with Gasteiger partial charge in [0, 0.05) is 18.1 Å². The second kappa shape index (κ2) is 9.20. The lowest BCUT2D eigenvalue weighted by atomic mass is 10.0. The Hall–Kier alpha value is -3.07. The van der Waals surface area contributed by atoms with Crippen molar-refractivity contribution in [2.24, 2.45) is 5.92 Å². The number of pyridine rings is 1.